The zero-order valence-corrected chi connectivity index (χ0v) is 21.4. The van der Waals surface area contributed by atoms with Gasteiger partial charge in [-0.2, -0.15) is 0 Å². The van der Waals surface area contributed by atoms with Crippen molar-refractivity contribution in [2.24, 2.45) is 7.05 Å². The van der Waals surface area contributed by atoms with Gasteiger partial charge in [-0.3, -0.25) is 14.4 Å². The van der Waals surface area contributed by atoms with Crippen LogP contribution >= 0.6 is 22.9 Å². The second kappa shape index (κ2) is 9.29. The van der Waals surface area contributed by atoms with E-state index in [0.29, 0.717) is 39.5 Å². The lowest BCUT2D eigenvalue weighted by atomic mass is 10.1. The molecule has 11 heteroatoms. The van der Waals surface area contributed by atoms with Crippen LogP contribution in [0.2, 0.25) is 5.02 Å². The number of hydrogen-bond donors (Lipinski definition) is 1. The number of fused-ring (bicyclic) bond motifs is 5. The molecule has 1 aliphatic heterocycles. The molecule has 2 aromatic carbocycles. The largest absolute Gasteiger partial charge is 0.378 e. The first kappa shape index (κ1) is 23.7. The summed E-state index contributed by atoms with van der Waals surface area (Å²) in [7, 11) is 1.67. The van der Waals surface area contributed by atoms with Gasteiger partial charge in [0.2, 0.25) is 0 Å². The van der Waals surface area contributed by atoms with E-state index < -0.39 is 0 Å². The molecule has 0 saturated carbocycles. The van der Waals surface area contributed by atoms with Crippen molar-refractivity contribution in [1.29, 1.82) is 0 Å². The first-order valence-corrected chi connectivity index (χ1v) is 12.9. The molecule has 0 atom stereocenters. The van der Waals surface area contributed by atoms with Crippen LogP contribution in [0.1, 0.15) is 15.2 Å². The fourth-order valence-corrected chi connectivity index (χ4v) is 5.83. The molecule has 4 heterocycles. The predicted octanol–water partition coefficient (Wildman–Crippen LogP) is 3.18. The van der Waals surface area contributed by atoms with Crippen LogP contribution in [0.3, 0.4) is 0 Å². The number of rotatable bonds is 4. The van der Waals surface area contributed by atoms with Gasteiger partial charge >= 0.3 is 0 Å². The predicted molar refractivity (Wildman–Crippen MR) is 145 cm³/mol. The maximum Gasteiger partial charge on any atom is 0.275 e. The number of halogens is 1. The van der Waals surface area contributed by atoms with Crippen LogP contribution in [0.5, 0.6) is 0 Å². The Morgan fingerprint density at radius 3 is 2.65 bits per heavy atom. The van der Waals surface area contributed by atoms with E-state index >= 15 is 0 Å². The monoisotopic (exact) mass is 535 g/mol. The van der Waals surface area contributed by atoms with Crippen molar-refractivity contribution < 1.29 is 9.53 Å². The van der Waals surface area contributed by atoms with Gasteiger partial charge in [-0.15, -0.1) is 0 Å². The van der Waals surface area contributed by atoms with Crippen LogP contribution in [-0.4, -0.2) is 46.2 Å². The minimum atomic E-state index is -0.358. The van der Waals surface area contributed by atoms with Gasteiger partial charge < -0.3 is 23.9 Å². The number of benzene rings is 2. The van der Waals surface area contributed by atoms with Crippen molar-refractivity contribution in [3.05, 3.63) is 84.7 Å². The first-order valence-electron chi connectivity index (χ1n) is 11.8. The summed E-state index contributed by atoms with van der Waals surface area (Å²) in [5.41, 5.74) is 1.75. The molecule has 9 nitrogen and oxygen atoms in total. The average Bonchev–Trinajstić information content (AvgIpc) is 3.42. The second-order valence-electron chi connectivity index (χ2n) is 8.80. The van der Waals surface area contributed by atoms with E-state index in [1.165, 1.54) is 22.1 Å². The van der Waals surface area contributed by atoms with E-state index in [9.17, 15) is 14.4 Å². The van der Waals surface area contributed by atoms with Gasteiger partial charge in [0.05, 0.1) is 36.0 Å². The number of morpholine rings is 1. The number of hydrogen-bond acceptors (Lipinski definition) is 7. The molecule has 5 aromatic rings. The molecule has 188 valence electrons. The number of nitrogens with one attached hydrogen (secondary N) is 1. The lowest BCUT2D eigenvalue weighted by molar-refractivity contribution is 0.0955. The van der Waals surface area contributed by atoms with Crippen molar-refractivity contribution in [3.63, 3.8) is 0 Å². The Bertz CT molecular complexity index is 1820. The number of pyridine rings is 1. The summed E-state index contributed by atoms with van der Waals surface area (Å²) in [5, 5.41) is 4.45. The molecular formula is C26H22ClN5O4S. The summed E-state index contributed by atoms with van der Waals surface area (Å²) in [5.74, 6) is -0.358. The van der Waals surface area contributed by atoms with Crippen LogP contribution < -0.4 is 21.2 Å². The number of thiazole rings is 1. The van der Waals surface area contributed by atoms with Crippen LogP contribution in [-0.2, 0) is 18.3 Å². The van der Waals surface area contributed by atoms with Crippen molar-refractivity contribution in [2.75, 3.05) is 31.2 Å². The van der Waals surface area contributed by atoms with E-state index in [0.717, 1.165) is 23.7 Å². The third-order valence-corrected chi connectivity index (χ3v) is 7.94. The number of carbonyl (C=O) groups excluding carboxylic acids is 1. The summed E-state index contributed by atoms with van der Waals surface area (Å²) in [6.45, 7) is 2.56. The summed E-state index contributed by atoms with van der Waals surface area (Å²) < 4.78 is 8.67. The maximum absolute atomic E-state index is 13.6. The van der Waals surface area contributed by atoms with Gasteiger partial charge in [-0.05, 0) is 30.3 Å². The fraction of sp³-hybridized carbons (Fsp3) is 0.231. The van der Waals surface area contributed by atoms with Crippen LogP contribution in [0.4, 0.5) is 5.13 Å². The highest BCUT2D eigenvalue weighted by atomic mass is 35.5. The van der Waals surface area contributed by atoms with Gasteiger partial charge in [-0.25, -0.2) is 4.98 Å². The standard InChI is InChI=1S/C26H22ClN5O4S/c1-30-18-4-2-3-5-19(18)32-20-12-15(27)6-7-16(20)23(33)17(22(32)25(30)35)13-28-24(34)21-14-29-26(37-21)31-8-10-36-11-9-31/h2-7,12,14H,8-11,13H2,1H3,(H,28,34). The first-order chi connectivity index (χ1) is 17.9. The molecule has 0 unspecified atom stereocenters. The Kier molecular flexibility index (Phi) is 5.94. The van der Waals surface area contributed by atoms with Crippen molar-refractivity contribution in [1.82, 2.24) is 19.3 Å². The molecule has 1 N–H and O–H groups in total. The topological polar surface area (TPSA) is 97.9 Å². The Balaban J connectivity index is 1.46. The van der Waals surface area contributed by atoms with Gasteiger partial charge in [0.25, 0.3) is 11.5 Å². The number of amides is 1. The third kappa shape index (κ3) is 3.97. The average molecular weight is 536 g/mol. The molecule has 6 rings (SSSR count). The Hall–Kier alpha value is -3.73. The van der Waals surface area contributed by atoms with Gasteiger partial charge in [0.1, 0.15) is 10.4 Å². The number of carbonyl (C=O) groups is 1. The molecule has 1 aliphatic rings. The quantitative estimate of drug-likeness (QED) is 0.355. The number of nitrogens with zero attached hydrogens (tertiary/aromatic N) is 4. The highest BCUT2D eigenvalue weighted by molar-refractivity contribution is 7.17. The highest BCUT2D eigenvalue weighted by Gasteiger charge is 2.21. The molecule has 3 aromatic heterocycles. The summed E-state index contributed by atoms with van der Waals surface area (Å²) in [6.07, 6.45) is 1.53. The lowest BCUT2D eigenvalue weighted by Gasteiger charge is -2.25. The number of aromatic nitrogens is 3. The van der Waals surface area contributed by atoms with Crippen LogP contribution in [0.15, 0.2) is 58.3 Å². The Labute approximate surface area is 219 Å². The molecular weight excluding hydrogens is 514 g/mol. The number of aryl methyl sites for hydroxylation is 1. The number of anilines is 1. The normalized spacial score (nSPS) is 14.1. The third-order valence-electron chi connectivity index (χ3n) is 6.64. The number of para-hydroxylation sites is 2. The molecule has 0 spiro atoms. The smallest absolute Gasteiger partial charge is 0.275 e. The van der Waals surface area contributed by atoms with E-state index in [1.807, 2.05) is 24.3 Å². The van der Waals surface area contributed by atoms with Crippen molar-refractivity contribution >= 4 is 61.4 Å². The minimum absolute atomic E-state index is 0.113. The van der Waals surface area contributed by atoms with Gasteiger partial charge in [0.15, 0.2) is 10.6 Å². The Morgan fingerprint density at radius 2 is 1.86 bits per heavy atom. The van der Waals surface area contributed by atoms with Crippen LogP contribution in [0, 0.1) is 0 Å². The molecule has 37 heavy (non-hydrogen) atoms. The highest BCUT2D eigenvalue weighted by Crippen LogP contribution is 2.25. The summed E-state index contributed by atoms with van der Waals surface area (Å²) in [6, 6.07) is 12.5. The van der Waals surface area contributed by atoms with E-state index in [2.05, 4.69) is 15.2 Å². The molecule has 1 saturated heterocycles. The van der Waals surface area contributed by atoms with Crippen LogP contribution in [0.25, 0.3) is 27.5 Å². The van der Waals surface area contributed by atoms with E-state index in [1.54, 1.807) is 29.6 Å². The van der Waals surface area contributed by atoms with Gasteiger partial charge in [0, 0.05) is 42.7 Å². The lowest BCUT2D eigenvalue weighted by Crippen LogP contribution is -2.36. The molecule has 0 bridgehead atoms. The zero-order valence-electron chi connectivity index (χ0n) is 19.9. The molecule has 1 fully saturated rings. The SMILES string of the molecule is Cn1c(=O)c2c(CNC(=O)c3cnc(N4CCOCC4)s3)c(=O)c3ccc(Cl)cc3n2c2ccccc21. The molecule has 0 aliphatic carbocycles. The Morgan fingerprint density at radius 1 is 1.11 bits per heavy atom. The summed E-state index contributed by atoms with van der Waals surface area (Å²) in [4.78, 5) is 47.1. The summed E-state index contributed by atoms with van der Waals surface area (Å²) >= 11 is 7.58. The molecule has 1 amide bonds. The molecule has 0 radical (unpaired) electrons. The second-order valence-corrected chi connectivity index (χ2v) is 10.2. The van der Waals surface area contributed by atoms with E-state index in [-0.39, 0.29) is 34.5 Å². The van der Waals surface area contributed by atoms with Gasteiger partial charge in [-0.1, -0.05) is 35.1 Å². The van der Waals surface area contributed by atoms with Crippen molar-refractivity contribution in [2.45, 2.75) is 6.54 Å². The fourth-order valence-electron chi connectivity index (χ4n) is 4.78. The number of ether oxygens (including phenoxy) is 1. The van der Waals surface area contributed by atoms with Crippen molar-refractivity contribution in [3.8, 4) is 0 Å². The maximum atomic E-state index is 13.6. The minimum Gasteiger partial charge on any atom is -0.378 e. The zero-order chi connectivity index (χ0) is 25.7. The van der Waals surface area contributed by atoms with E-state index in [4.69, 9.17) is 16.3 Å².